The van der Waals surface area contributed by atoms with E-state index in [1.165, 1.54) is 29.2 Å². The fourth-order valence-electron chi connectivity index (χ4n) is 1.28. The van der Waals surface area contributed by atoms with Gasteiger partial charge >= 0.3 is 0 Å². The van der Waals surface area contributed by atoms with Crippen LogP contribution in [0.25, 0.3) is 0 Å². The summed E-state index contributed by atoms with van der Waals surface area (Å²) in [5.41, 5.74) is 0.437. The Morgan fingerprint density at radius 3 is 2.11 bits per heavy atom. The standard InChI is InChI=1S/C10H13N3O4S/c1-12(2)10(11-18(3,16)17)8-4-6-9(7-5-8)13(14)15/h4-7H,1-3H3. The van der Waals surface area contributed by atoms with E-state index in [1.807, 2.05) is 0 Å². The Hall–Kier alpha value is -1.96. The third kappa shape index (κ3) is 3.81. The molecule has 98 valence electrons. The Labute approximate surface area is 105 Å². The smallest absolute Gasteiger partial charge is 0.269 e. The maximum Gasteiger partial charge on any atom is 0.269 e. The highest BCUT2D eigenvalue weighted by Crippen LogP contribution is 2.13. The average molecular weight is 271 g/mol. The van der Waals surface area contributed by atoms with Crippen molar-refractivity contribution in [1.29, 1.82) is 0 Å². The van der Waals surface area contributed by atoms with Gasteiger partial charge in [0.1, 0.15) is 5.84 Å². The van der Waals surface area contributed by atoms with Crippen LogP contribution in [0.1, 0.15) is 5.56 Å². The normalized spacial score (nSPS) is 12.3. The second-order valence-electron chi connectivity index (χ2n) is 3.85. The molecule has 7 nitrogen and oxygen atoms in total. The topological polar surface area (TPSA) is 92.9 Å². The second-order valence-corrected chi connectivity index (χ2v) is 5.49. The van der Waals surface area contributed by atoms with E-state index in [1.54, 1.807) is 14.1 Å². The first-order valence-electron chi connectivity index (χ1n) is 4.93. The van der Waals surface area contributed by atoms with Crippen LogP contribution in [0.4, 0.5) is 5.69 Å². The fourth-order valence-corrected chi connectivity index (χ4v) is 1.86. The van der Waals surface area contributed by atoms with Gasteiger partial charge < -0.3 is 4.90 Å². The van der Waals surface area contributed by atoms with E-state index in [0.29, 0.717) is 5.56 Å². The Morgan fingerprint density at radius 1 is 1.28 bits per heavy atom. The summed E-state index contributed by atoms with van der Waals surface area (Å²) < 4.78 is 25.9. The van der Waals surface area contributed by atoms with Gasteiger partial charge in [-0.1, -0.05) is 0 Å². The monoisotopic (exact) mass is 271 g/mol. The lowest BCUT2D eigenvalue weighted by Crippen LogP contribution is -2.24. The van der Waals surface area contributed by atoms with Crippen molar-refractivity contribution in [2.75, 3.05) is 20.4 Å². The van der Waals surface area contributed by atoms with Gasteiger partial charge in [-0.05, 0) is 12.1 Å². The lowest BCUT2D eigenvalue weighted by Gasteiger charge is -2.15. The fraction of sp³-hybridized carbons (Fsp3) is 0.300. The van der Waals surface area contributed by atoms with Crippen molar-refractivity contribution in [2.24, 2.45) is 4.40 Å². The zero-order valence-corrected chi connectivity index (χ0v) is 11.0. The largest absolute Gasteiger partial charge is 0.362 e. The molecular formula is C10H13N3O4S. The van der Waals surface area contributed by atoms with Crippen molar-refractivity contribution in [1.82, 2.24) is 4.90 Å². The molecule has 1 rings (SSSR count). The molecule has 0 fully saturated rings. The summed E-state index contributed by atoms with van der Waals surface area (Å²) in [5.74, 6) is 0.229. The average Bonchev–Trinajstić information content (AvgIpc) is 2.24. The second kappa shape index (κ2) is 5.13. The summed E-state index contributed by atoms with van der Waals surface area (Å²) in [4.78, 5) is 11.5. The van der Waals surface area contributed by atoms with Crippen molar-refractivity contribution >= 4 is 21.5 Å². The first-order chi connectivity index (χ1) is 8.20. The molecule has 0 amide bonds. The van der Waals surface area contributed by atoms with Crippen molar-refractivity contribution in [3.8, 4) is 0 Å². The maximum atomic E-state index is 11.2. The Balaban J connectivity index is 3.24. The number of hydrogen-bond donors (Lipinski definition) is 0. The molecule has 0 saturated heterocycles. The van der Waals surface area contributed by atoms with Crippen LogP contribution >= 0.6 is 0 Å². The van der Waals surface area contributed by atoms with Crippen LogP contribution < -0.4 is 0 Å². The molecule has 0 spiro atoms. The number of hydrogen-bond acceptors (Lipinski definition) is 4. The maximum absolute atomic E-state index is 11.2. The molecule has 1 aromatic rings. The van der Waals surface area contributed by atoms with Gasteiger partial charge in [-0.3, -0.25) is 10.1 Å². The summed E-state index contributed by atoms with van der Waals surface area (Å²) in [6.07, 6.45) is 0.988. The molecule has 0 bridgehead atoms. The van der Waals surface area contributed by atoms with Crippen molar-refractivity contribution in [3.05, 3.63) is 39.9 Å². The predicted molar refractivity (Wildman–Crippen MR) is 68.2 cm³/mol. The molecule has 0 aliphatic heterocycles. The molecule has 0 N–H and O–H groups in total. The molecular weight excluding hydrogens is 258 g/mol. The Bertz CT molecular complexity index is 576. The molecule has 0 heterocycles. The minimum atomic E-state index is -3.53. The SMILES string of the molecule is CN(C)C(=NS(C)(=O)=O)c1ccc([N+](=O)[O-])cc1. The summed E-state index contributed by atoms with van der Waals surface area (Å²) in [5, 5.41) is 10.5. The highest BCUT2D eigenvalue weighted by Gasteiger charge is 2.12. The predicted octanol–water partition coefficient (Wildman–Crippen LogP) is 0.863. The molecule has 0 atom stereocenters. The summed E-state index contributed by atoms with van der Waals surface area (Å²) in [6, 6.07) is 5.53. The van der Waals surface area contributed by atoms with Gasteiger partial charge in [0, 0.05) is 31.8 Å². The van der Waals surface area contributed by atoms with E-state index in [4.69, 9.17) is 0 Å². The van der Waals surface area contributed by atoms with Crippen molar-refractivity contribution in [3.63, 3.8) is 0 Å². The lowest BCUT2D eigenvalue weighted by molar-refractivity contribution is -0.384. The van der Waals surface area contributed by atoms with Crippen LogP contribution in [-0.2, 0) is 10.0 Å². The van der Waals surface area contributed by atoms with Gasteiger partial charge in [0.15, 0.2) is 0 Å². The van der Waals surface area contributed by atoms with Gasteiger partial charge in [-0.2, -0.15) is 0 Å². The number of nitro groups is 1. The molecule has 0 saturated carbocycles. The van der Waals surface area contributed by atoms with E-state index in [0.717, 1.165) is 6.26 Å². The lowest BCUT2D eigenvalue weighted by atomic mass is 10.2. The number of rotatable bonds is 3. The van der Waals surface area contributed by atoms with Gasteiger partial charge in [-0.15, -0.1) is 4.40 Å². The molecule has 0 aromatic heterocycles. The summed E-state index contributed by atoms with van der Waals surface area (Å²) in [6.45, 7) is 0. The zero-order chi connectivity index (χ0) is 13.9. The highest BCUT2D eigenvalue weighted by molar-refractivity contribution is 7.89. The van der Waals surface area contributed by atoms with Crippen LogP contribution in [0, 0.1) is 10.1 Å². The van der Waals surface area contributed by atoms with Gasteiger partial charge in [0.05, 0.1) is 11.2 Å². The van der Waals surface area contributed by atoms with Gasteiger partial charge in [0.25, 0.3) is 15.7 Å². The third-order valence-electron chi connectivity index (χ3n) is 2.01. The summed E-state index contributed by atoms with van der Waals surface area (Å²) in [7, 11) is -0.242. The van der Waals surface area contributed by atoms with E-state index < -0.39 is 14.9 Å². The summed E-state index contributed by atoms with van der Waals surface area (Å²) >= 11 is 0. The van der Waals surface area contributed by atoms with E-state index in [9.17, 15) is 18.5 Å². The molecule has 0 aliphatic rings. The van der Waals surface area contributed by atoms with Crippen LogP contribution in [0.5, 0.6) is 0 Å². The number of nitrogens with zero attached hydrogens (tertiary/aromatic N) is 3. The van der Waals surface area contributed by atoms with Crippen LogP contribution in [0.2, 0.25) is 0 Å². The van der Waals surface area contributed by atoms with E-state index in [2.05, 4.69) is 4.40 Å². The number of sulfonamides is 1. The van der Waals surface area contributed by atoms with Crippen LogP contribution in [-0.4, -0.2) is 44.4 Å². The number of non-ortho nitro benzene ring substituents is 1. The van der Waals surface area contributed by atoms with Crippen molar-refractivity contribution in [2.45, 2.75) is 0 Å². The molecule has 1 aromatic carbocycles. The molecule has 8 heteroatoms. The number of amidine groups is 1. The minimum absolute atomic E-state index is 0.0591. The number of benzene rings is 1. The van der Waals surface area contributed by atoms with E-state index in [-0.39, 0.29) is 11.5 Å². The Kier molecular flexibility index (Phi) is 4.02. The quantitative estimate of drug-likeness (QED) is 0.352. The van der Waals surface area contributed by atoms with Crippen LogP contribution in [0.15, 0.2) is 28.7 Å². The van der Waals surface area contributed by atoms with Gasteiger partial charge in [-0.25, -0.2) is 8.42 Å². The first kappa shape index (κ1) is 14.1. The molecule has 0 unspecified atom stereocenters. The van der Waals surface area contributed by atoms with Gasteiger partial charge in [0.2, 0.25) is 0 Å². The minimum Gasteiger partial charge on any atom is -0.362 e. The van der Waals surface area contributed by atoms with Crippen molar-refractivity contribution < 1.29 is 13.3 Å². The molecule has 18 heavy (non-hydrogen) atoms. The first-order valence-corrected chi connectivity index (χ1v) is 6.77. The molecule has 0 aliphatic carbocycles. The highest BCUT2D eigenvalue weighted by atomic mass is 32.2. The van der Waals surface area contributed by atoms with E-state index >= 15 is 0 Å². The van der Waals surface area contributed by atoms with Crippen LogP contribution in [0.3, 0.4) is 0 Å². The molecule has 0 radical (unpaired) electrons. The zero-order valence-electron chi connectivity index (χ0n) is 10.2. The number of nitro benzene ring substituents is 1. The third-order valence-corrected chi connectivity index (χ3v) is 2.52. The Morgan fingerprint density at radius 2 is 1.78 bits per heavy atom.